The Labute approximate surface area is 99.6 Å². The molecule has 0 aliphatic carbocycles. The molecule has 90 valence electrons. The maximum Gasteiger partial charge on any atom is 0.418 e. The van der Waals surface area contributed by atoms with Gasteiger partial charge in [-0.25, -0.2) is 4.98 Å². The van der Waals surface area contributed by atoms with Crippen LogP contribution < -0.4 is 5.73 Å². The van der Waals surface area contributed by atoms with Gasteiger partial charge in [0.05, 0.1) is 11.3 Å². The topological polar surface area (TPSA) is 43.8 Å². The van der Waals surface area contributed by atoms with E-state index < -0.39 is 11.7 Å². The third-order valence-corrected chi connectivity index (χ3v) is 2.35. The lowest BCUT2D eigenvalue weighted by Gasteiger charge is -2.13. The molecule has 3 nitrogen and oxygen atoms in total. The summed E-state index contributed by atoms with van der Waals surface area (Å²) in [6.07, 6.45) is -1.98. The van der Waals surface area contributed by atoms with Gasteiger partial charge >= 0.3 is 6.18 Å². The smallest absolute Gasteiger partial charge is 0.399 e. The maximum atomic E-state index is 12.8. The Morgan fingerprint density at radius 2 is 2.00 bits per heavy atom. The summed E-state index contributed by atoms with van der Waals surface area (Å²) < 4.78 is 39.6. The highest BCUT2D eigenvalue weighted by Crippen LogP contribution is 2.35. The fourth-order valence-corrected chi connectivity index (χ4v) is 1.59. The van der Waals surface area contributed by atoms with Crippen LogP contribution in [0.4, 0.5) is 18.9 Å². The molecule has 2 rings (SSSR count). The molecular formula is C10H7ClF3N3. The van der Waals surface area contributed by atoms with Crippen LogP contribution in [-0.4, -0.2) is 9.55 Å². The highest BCUT2D eigenvalue weighted by Gasteiger charge is 2.34. The number of nitrogens with zero attached hydrogens (tertiary/aromatic N) is 2. The Morgan fingerprint density at radius 3 is 2.53 bits per heavy atom. The summed E-state index contributed by atoms with van der Waals surface area (Å²) >= 11 is 5.57. The van der Waals surface area contributed by atoms with Crippen molar-refractivity contribution in [3.8, 4) is 5.69 Å². The number of hydrogen-bond donors (Lipinski definition) is 1. The fourth-order valence-electron chi connectivity index (χ4n) is 1.44. The average molecular weight is 262 g/mol. The van der Waals surface area contributed by atoms with E-state index in [1.165, 1.54) is 29.2 Å². The Balaban J connectivity index is 2.61. The van der Waals surface area contributed by atoms with Crippen LogP contribution >= 0.6 is 11.6 Å². The van der Waals surface area contributed by atoms with Crippen molar-refractivity contribution in [3.05, 3.63) is 41.4 Å². The van der Waals surface area contributed by atoms with Crippen molar-refractivity contribution in [3.63, 3.8) is 0 Å². The number of rotatable bonds is 1. The van der Waals surface area contributed by atoms with Gasteiger partial charge in [-0.15, -0.1) is 0 Å². The van der Waals surface area contributed by atoms with Crippen molar-refractivity contribution in [1.82, 2.24) is 9.55 Å². The summed E-state index contributed by atoms with van der Waals surface area (Å²) in [6.45, 7) is 0. The van der Waals surface area contributed by atoms with Crippen molar-refractivity contribution in [2.45, 2.75) is 6.18 Å². The zero-order valence-electron chi connectivity index (χ0n) is 8.37. The second-order valence-electron chi connectivity index (χ2n) is 3.38. The van der Waals surface area contributed by atoms with Gasteiger partial charge in [0.25, 0.3) is 0 Å². The Bertz CT molecular complexity index is 548. The van der Waals surface area contributed by atoms with E-state index in [-0.39, 0.29) is 16.5 Å². The van der Waals surface area contributed by atoms with Crippen LogP contribution in [0, 0.1) is 0 Å². The summed E-state index contributed by atoms with van der Waals surface area (Å²) in [5.41, 5.74) is 4.51. The monoisotopic (exact) mass is 261 g/mol. The first-order valence-electron chi connectivity index (χ1n) is 4.54. The van der Waals surface area contributed by atoms with Crippen molar-refractivity contribution in [2.75, 3.05) is 5.73 Å². The first-order chi connectivity index (χ1) is 7.88. The molecule has 0 fully saturated rings. The number of nitrogen functional groups attached to an aromatic ring is 1. The normalized spacial score (nSPS) is 11.8. The molecule has 0 unspecified atom stereocenters. The predicted octanol–water partition coefficient (Wildman–Crippen LogP) is 3.13. The molecule has 1 aromatic heterocycles. The molecule has 0 saturated carbocycles. The van der Waals surface area contributed by atoms with E-state index in [0.717, 1.165) is 6.07 Å². The second-order valence-corrected chi connectivity index (χ2v) is 3.77. The minimum absolute atomic E-state index is 0.0484. The van der Waals surface area contributed by atoms with Gasteiger partial charge in [0.2, 0.25) is 0 Å². The molecule has 7 heteroatoms. The molecule has 0 saturated heterocycles. The highest BCUT2D eigenvalue weighted by atomic mass is 35.5. The summed E-state index contributed by atoms with van der Waals surface area (Å²) in [6, 6.07) is 3.54. The summed E-state index contributed by atoms with van der Waals surface area (Å²) in [7, 11) is 0. The maximum absolute atomic E-state index is 12.8. The molecule has 1 aromatic carbocycles. The number of anilines is 1. The summed E-state index contributed by atoms with van der Waals surface area (Å²) in [5, 5.41) is 0.120. The van der Waals surface area contributed by atoms with Gasteiger partial charge in [0, 0.05) is 11.9 Å². The van der Waals surface area contributed by atoms with Crippen molar-refractivity contribution in [2.24, 2.45) is 0 Å². The lowest BCUT2D eigenvalue weighted by Crippen LogP contribution is -2.10. The molecule has 0 bridgehead atoms. The standard InChI is InChI=1S/C10H7ClF3N3/c11-9-4-17(5-16-9)8-2-1-6(15)3-7(8)10(12,13)14/h1-5H,15H2. The Hall–Kier alpha value is -1.69. The van der Waals surface area contributed by atoms with Crippen LogP contribution in [0.15, 0.2) is 30.7 Å². The number of benzene rings is 1. The molecule has 0 spiro atoms. The van der Waals surface area contributed by atoms with Crippen LogP contribution in [-0.2, 0) is 6.18 Å². The number of alkyl halides is 3. The third-order valence-electron chi connectivity index (χ3n) is 2.16. The van der Waals surface area contributed by atoms with Gasteiger partial charge in [0.1, 0.15) is 11.5 Å². The third kappa shape index (κ3) is 2.36. The van der Waals surface area contributed by atoms with E-state index in [1.807, 2.05) is 0 Å². The lowest BCUT2D eigenvalue weighted by molar-refractivity contribution is -0.137. The predicted molar refractivity (Wildman–Crippen MR) is 58.0 cm³/mol. The lowest BCUT2D eigenvalue weighted by atomic mass is 10.1. The highest BCUT2D eigenvalue weighted by molar-refractivity contribution is 6.29. The van der Waals surface area contributed by atoms with Crippen molar-refractivity contribution in [1.29, 1.82) is 0 Å². The van der Waals surface area contributed by atoms with E-state index in [1.54, 1.807) is 0 Å². The van der Waals surface area contributed by atoms with Crippen LogP contribution in [0.5, 0.6) is 0 Å². The van der Waals surface area contributed by atoms with Gasteiger partial charge in [0.15, 0.2) is 0 Å². The SMILES string of the molecule is Nc1ccc(-n2cnc(Cl)c2)c(C(F)(F)F)c1. The van der Waals surface area contributed by atoms with E-state index >= 15 is 0 Å². The minimum Gasteiger partial charge on any atom is -0.399 e. The average Bonchev–Trinajstić information content (AvgIpc) is 2.63. The van der Waals surface area contributed by atoms with Crippen LogP contribution in [0.3, 0.4) is 0 Å². The largest absolute Gasteiger partial charge is 0.418 e. The first-order valence-corrected chi connectivity index (χ1v) is 4.92. The Morgan fingerprint density at radius 1 is 1.29 bits per heavy atom. The number of aromatic nitrogens is 2. The Kier molecular flexibility index (Phi) is 2.74. The number of imidazole rings is 1. The zero-order valence-corrected chi connectivity index (χ0v) is 9.13. The fraction of sp³-hybridized carbons (Fsp3) is 0.100. The second kappa shape index (κ2) is 3.96. The van der Waals surface area contributed by atoms with E-state index in [4.69, 9.17) is 17.3 Å². The number of halogens is 4. The zero-order chi connectivity index (χ0) is 12.6. The van der Waals surface area contributed by atoms with Gasteiger partial charge in [-0.2, -0.15) is 13.2 Å². The first kappa shape index (κ1) is 11.8. The van der Waals surface area contributed by atoms with Crippen molar-refractivity contribution < 1.29 is 13.2 Å². The van der Waals surface area contributed by atoms with E-state index in [2.05, 4.69) is 4.98 Å². The van der Waals surface area contributed by atoms with Gasteiger partial charge in [-0.1, -0.05) is 11.6 Å². The van der Waals surface area contributed by atoms with Crippen LogP contribution in [0.1, 0.15) is 5.56 Å². The molecular weight excluding hydrogens is 255 g/mol. The number of nitrogens with two attached hydrogens (primary N) is 1. The van der Waals surface area contributed by atoms with Crippen molar-refractivity contribution >= 4 is 17.3 Å². The molecule has 2 aromatic rings. The minimum atomic E-state index is -4.48. The van der Waals surface area contributed by atoms with Gasteiger partial charge < -0.3 is 10.3 Å². The van der Waals surface area contributed by atoms with E-state index in [9.17, 15) is 13.2 Å². The molecule has 0 atom stereocenters. The molecule has 2 N–H and O–H groups in total. The van der Waals surface area contributed by atoms with Gasteiger partial charge in [-0.05, 0) is 18.2 Å². The molecule has 1 heterocycles. The quantitative estimate of drug-likeness (QED) is 0.802. The molecule has 0 aliphatic heterocycles. The van der Waals surface area contributed by atoms with E-state index in [0.29, 0.717) is 0 Å². The van der Waals surface area contributed by atoms with Crippen LogP contribution in [0.25, 0.3) is 5.69 Å². The molecule has 0 amide bonds. The summed E-state index contributed by atoms with van der Waals surface area (Å²) in [4.78, 5) is 3.67. The molecule has 17 heavy (non-hydrogen) atoms. The number of hydrogen-bond acceptors (Lipinski definition) is 2. The van der Waals surface area contributed by atoms with Crippen LogP contribution in [0.2, 0.25) is 5.15 Å². The molecule has 0 radical (unpaired) electrons. The summed E-state index contributed by atoms with van der Waals surface area (Å²) in [5.74, 6) is 0. The van der Waals surface area contributed by atoms with Gasteiger partial charge in [-0.3, -0.25) is 0 Å². The molecule has 0 aliphatic rings.